The number of rotatable bonds is 5. The zero-order valence-corrected chi connectivity index (χ0v) is 16.4. The van der Waals surface area contributed by atoms with Crippen LogP contribution in [0.2, 0.25) is 0 Å². The molecule has 2 rings (SSSR count). The van der Waals surface area contributed by atoms with E-state index in [1.54, 1.807) is 24.3 Å². The molecule has 5 nitrogen and oxygen atoms in total. The molecule has 0 bridgehead atoms. The third-order valence-electron chi connectivity index (χ3n) is 3.53. The van der Waals surface area contributed by atoms with Gasteiger partial charge in [0.2, 0.25) is 15.9 Å². The first-order valence-electron chi connectivity index (χ1n) is 7.41. The number of amides is 1. The maximum absolute atomic E-state index is 13.9. The molecular formula is C17H18BrFN2O3S. The quantitative estimate of drug-likeness (QED) is 0.789. The van der Waals surface area contributed by atoms with E-state index < -0.39 is 27.8 Å². The highest BCUT2D eigenvalue weighted by atomic mass is 79.9. The third kappa shape index (κ3) is 4.79. The largest absolute Gasteiger partial charge is 0.322 e. The predicted octanol–water partition coefficient (Wildman–Crippen LogP) is 3.69. The van der Waals surface area contributed by atoms with Crippen molar-refractivity contribution in [2.75, 3.05) is 15.9 Å². The van der Waals surface area contributed by atoms with E-state index >= 15 is 0 Å². The highest BCUT2D eigenvalue weighted by Crippen LogP contribution is 2.24. The van der Waals surface area contributed by atoms with E-state index in [0.717, 1.165) is 16.1 Å². The topological polar surface area (TPSA) is 66.5 Å². The molecular weight excluding hydrogens is 411 g/mol. The first-order chi connectivity index (χ1) is 11.6. The van der Waals surface area contributed by atoms with Crippen LogP contribution in [0, 0.1) is 12.7 Å². The van der Waals surface area contributed by atoms with Gasteiger partial charge in [0, 0.05) is 4.47 Å². The van der Waals surface area contributed by atoms with Gasteiger partial charge in [-0.15, -0.1) is 0 Å². The van der Waals surface area contributed by atoms with Crippen molar-refractivity contribution in [3.8, 4) is 0 Å². The summed E-state index contributed by atoms with van der Waals surface area (Å²) < 4.78 is 39.9. The summed E-state index contributed by atoms with van der Waals surface area (Å²) in [6.07, 6.45) is 1.03. The van der Waals surface area contributed by atoms with Gasteiger partial charge in [-0.1, -0.05) is 28.1 Å². The van der Waals surface area contributed by atoms with E-state index in [1.165, 1.54) is 19.1 Å². The molecule has 0 unspecified atom stereocenters. The summed E-state index contributed by atoms with van der Waals surface area (Å²) in [5.41, 5.74) is 1.22. The third-order valence-corrected chi connectivity index (χ3v) is 5.27. The molecule has 0 saturated carbocycles. The summed E-state index contributed by atoms with van der Waals surface area (Å²) in [7, 11) is -3.72. The Hall–Kier alpha value is -1.93. The number of aryl methyl sites for hydroxylation is 1. The fraction of sp³-hybridized carbons (Fsp3) is 0.235. The van der Waals surface area contributed by atoms with Crippen LogP contribution in [0.1, 0.15) is 12.5 Å². The lowest BCUT2D eigenvalue weighted by molar-refractivity contribution is -0.116. The Kier molecular flexibility index (Phi) is 5.84. The molecule has 1 N–H and O–H groups in total. The van der Waals surface area contributed by atoms with Crippen LogP contribution in [-0.4, -0.2) is 26.6 Å². The van der Waals surface area contributed by atoms with Gasteiger partial charge in [0.1, 0.15) is 11.9 Å². The predicted molar refractivity (Wildman–Crippen MR) is 101 cm³/mol. The van der Waals surface area contributed by atoms with Gasteiger partial charge in [0.05, 0.1) is 17.6 Å². The maximum atomic E-state index is 13.9. The molecule has 2 aromatic rings. The van der Waals surface area contributed by atoms with Crippen LogP contribution in [0.15, 0.2) is 46.9 Å². The van der Waals surface area contributed by atoms with Gasteiger partial charge in [-0.2, -0.15) is 0 Å². The van der Waals surface area contributed by atoms with E-state index in [9.17, 15) is 17.6 Å². The van der Waals surface area contributed by atoms with Crippen molar-refractivity contribution in [2.45, 2.75) is 19.9 Å². The first-order valence-corrected chi connectivity index (χ1v) is 10.1. The van der Waals surface area contributed by atoms with Crippen molar-refractivity contribution in [1.29, 1.82) is 0 Å². The number of nitrogens with zero attached hydrogens (tertiary/aromatic N) is 1. The summed E-state index contributed by atoms with van der Waals surface area (Å²) in [5.74, 6) is -1.25. The molecule has 0 aliphatic rings. The molecule has 0 aliphatic heterocycles. The molecule has 0 spiro atoms. The molecule has 1 amide bonds. The number of anilines is 2. The Balaban J connectivity index is 2.33. The molecule has 1 atom stereocenters. The van der Waals surface area contributed by atoms with Gasteiger partial charge in [-0.25, -0.2) is 12.8 Å². The van der Waals surface area contributed by atoms with Crippen molar-refractivity contribution < 1.29 is 17.6 Å². The number of benzene rings is 2. The average molecular weight is 429 g/mol. The van der Waals surface area contributed by atoms with Crippen molar-refractivity contribution >= 4 is 43.2 Å². The van der Waals surface area contributed by atoms with E-state index in [2.05, 4.69) is 21.2 Å². The monoisotopic (exact) mass is 428 g/mol. The Bertz CT molecular complexity index is 903. The summed E-state index contributed by atoms with van der Waals surface area (Å²) in [6.45, 7) is 3.28. The molecule has 0 fully saturated rings. The summed E-state index contributed by atoms with van der Waals surface area (Å²) in [6, 6.07) is 9.96. The molecule has 2 aromatic carbocycles. The van der Waals surface area contributed by atoms with Crippen LogP contribution >= 0.6 is 15.9 Å². The van der Waals surface area contributed by atoms with Gasteiger partial charge in [-0.05, 0) is 49.7 Å². The Morgan fingerprint density at radius 3 is 2.48 bits per heavy atom. The van der Waals surface area contributed by atoms with Crippen LogP contribution < -0.4 is 9.62 Å². The molecule has 25 heavy (non-hydrogen) atoms. The number of sulfonamides is 1. The van der Waals surface area contributed by atoms with Crippen molar-refractivity contribution in [1.82, 2.24) is 0 Å². The van der Waals surface area contributed by atoms with Crippen molar-refractivity contribution in [3.63, 3.8) is 0 Å². The van der Waals surface area contributed by atoms with Gasteiger partial charge in [-0.3, -0.25) is 9.10 Å². The Morgan fingerprint density at radius 1 is 1.24 bits per heavy atom. The minimum absolute atomic E-state index is 0.0160. The second-order valence-electron chi connectivity index (χ2n) is 5.69. The number of carbonyl (C=O) groups excluding carboxylic acids is 1. The zero-order valence-electron chi connectivity index (χ0n) is 14.0. The minimum Gasteiger partial charge on any atom is -0.322 e. The molecule has 0 aromatic heterocycles. The SMILES string of the molecule is Cc1cccc(N([C@@H](C)C(=O)Nc2ccc(Br)cc2F)S(C)(=O)=O)c1. The van der Waals surface area contributed by atoms with Gasteiger partial charge in [0.25, 0.3) is 0 Å². The molecule has 0 radical (unpaired) electrons. The lowest BCUT2D eigenvalue weighted by atomic mass is 10.2. The number of halogens is 2. The van der Waals surface area contributed by atoms with Gasteiger partial charge >= 0.3 is 0 Å². The summed E-state index contributed by atoms with van der Waals surface area (Å²) in [5, 5.41) is 2.43. The molecule has 0 heterocycles. The molecule has 0 aliphatic carbocycles. The van der Waals surface area contributed by atoms with E-state index in [1.807, 2.05) is 13.0 Å². The van der Waals surface area contributed by atoms with Crippen molar-refractivity contribution in [2.24, 2.45) is 0 Å². The van der Waals surface area contributed by atoms with Crippen LogP contribution in [0.5, 0.6) is 0 Å². The van der Waals surface area contributed by atoms with Gasteiger partial charge in [0.15, 0.2) is 0 Å². The molecule has 8 heteroatoms. The standard InChI is InChI=1S/C17H18BrFN2O3S/c1-11-5-4-6-14(9-11)21(25(3,23)24)12(2)17(22)20-16-8-7-13(18)10-15(16)19/h4-10,12H,1-3H3,(H,20,22)/t12-/m0/s1. The average Bonchev–Trinajstić information content (AvgIpc) is 2.48. The molecule has 134 valence electrons. The van der Waals surface area contributed by atoms with Crippen LogP contribution in [-0.2, 0) is 14.8 Å². The van der Waals surface area contributed by atoms with Crippen LogP contribution in [0.4, 0.5) is 15.8 Å². The second-order valence-corrected chi connectivity index (χ2v) is 8.46. The maximum Gasteiger partial charge on any atom is 0.248 e. The van der Waals surface area contributed by atoms with E-state index in [0.29, 0.717) is 10.2 Å². The number of carbonyl (C=O) groups is 1. The smallest absolute Gasteiger partial charge is 0.248 e. The first kappa shape index (κ1) is 19.4. The Morgan fingerprint density at radius 2 is 1.92 bits per heavy atom. The normalized spacial score (nSPS) is 12.5. The molecule has 0 saturated heterocycles. The number of hydrogen-bond acceptors (Lipinski definition) is 3. The van der Waals surface area contributed by atoms with E-state index in [4.69, 9.17) is 0 Å². The zero-order chi connectivity index (χ0) is 18.8. The minimum atomic E-state index is -3.72. The highest BCUT2D eigenvalue weighted by molar-refractivity contribution is 9.10. The lowest BCUT2D eigenvalue weighted by Crippen LogP contribution is -2.45. The Labute approximate surface area is 155 Å². The number of nitrogens with one attached hydrogen (secondary N) is 1. The summed E-state index contributed by atoms with van der Waals surface area (Å²) in [4.78, 5) is 12.5. The van der Waals surface area contributed by atoms with Crippen LogP contribution in [0.3, 0.4) is 0 Å². The highest BCUT2D eigenvalue weighted by Gasteiger charge is 2.29. The lowest BCUT2D eigenvalue weighted by Gasteiger charge is -2.28. The second kappa shape index (κ2) is 7.53. The summed E-state index contributed by atoms with van der Waals surface area (Å²) >= 11 is 3.14. The fourth-order valence-corrected chi connectivity index (χ4v) is 3.90. The van der Waals surface area contributed by atoms with E-state index in [-0.39, 0.29) is 5.69 Å². The fourth-order valence-electron chi connectivity index (χ4n) is 2.40. The van der Waals surface area contributed by atoms with Crippen LogP contribution in [0.25, 0.3) is 0 Å². The van der Waals surface area contributed by atoms with Gasteiger partial charge < -0.3 is 5.32 Å². The van der Waals surface area contributed by atoms with Crippen molar-refractivity contribution in [3.05, 3.63) is 58.3 Å². The number of hydrogen-bond donors (Lipinski definition) is 1.